The van der Waals surface area contributed by atoms with E-state index in [9.17, 15) is 10.2 Å². The summed E-state index contributed by atoms with van der Waals surface area (Å²) in [6, 6.07) is 0.338. The summed E-state index contributed by atoms with van der Waals surface area (Å²) in [5, 5.41) is 20.7. The topological polar surface area (TPSA) is 43.7 Å². The van der Waals surface area contributed by atoms with Crippen molar-refractivity contribution in [3.05, 3.63) is 23.3 Å². The predicted molar refractivity (Wildman–Crippen MR) is 96.4 cm³/mol. The average Bonchev–Trinajstić information content (AvgIpc) is 2.51. The van der Waals surface area contributed by atoms with Gasteiger partial charge in [-0.15, -0.1) is 0 Å². The number of nitrogens with zero attached hydrogens (tertiary/aromatic N) is 1. The van der Waals surface area contributed by atoms with Crippen LogP contribution in [-0.4, -0.2) is 45.9 Å². The van der Waals surface area contributed by atoms with Gasteiger partial charge in [0.25, 0.3) is 0 Å². The van der Waals surface area contributed by atoms with Gasteiger partial charge in [-0.1, -0.05) is 38.0 Å². The Morgan fingerprint density at radius 3 is 2.87 bits per heavy atom. The van der Waals surface area contributed by atoms with Gasteiger partial charge in [0.2, 0.25) is 0 Å². The van der Waals surface area contributed by atoms with Crippen molar-refractivity contribution in [2.75, 3.05) is 13.1 Å². The molecule has 0 aromatic heterocycles. The van der Waals surface area contributed by atoms with Gasteiger partial charge in [0.1, 0.15) is 0 Å². The fourth-order valence-corrected chi connectivity index (χ4v) is 4.19. The van der Waals surface area contributed by atoms with E-state index in [1.807, 2.05) is 20.8 Å². The Morgan fingerprint density at radius 2 is 2.17 bits per heavy atom. The predicted octanol–water partition coefficient (Wildman–Crippen LogP) is 3.67. The molecule has 0 spiro atoms. The second-order valence-corrected chi connectivity index (χ2v) is 7.93. The molecule has 2 heterocycles. The zero-order valence-electron chi connectivity index (χ0n) is 15.4. The molecule has 4 unspecified atom stereocenters. The maximum absolute atomic E-state index is 10.8. The lowest BCUT2D eigenvalue weighted by molar-refractivity contribution is -0.0641. The second-order valence-electron chi connectivity index (χ2n) is 7.93. The SMILES string of the molecule is CCC(O)/C(C)=C/CC(C)/C=C1\CN2CCCCC2C(C)(O)C1. The van der Waals surface area contributed by atoms with Gasteiger partial charge in [0, 0.05) is 12.6 Å². The summed E-state index contributed by atoms with van der Waals surface area (Å²) in [5.41, 5.74) is 1.86. The number of aliphatic hydroxyl groups is 2. The normalized spacial score (nSPS) is 34.3. The van der Waals surface area contributed by atoms with Gasteiger partial charge in [0.15, 0.2) is 0 Å². The Kier molecular flexibility index (Phi) is 6.47. The summed E-state index contributed by atoms with van der Waals surface area (Å²) in [5.74, 6) is 0.446. The van der Waals surface area contributed by atoms with Gasteiger partial charge in [-0.3, -0.25) is 4.90 Å². The molecule has 2 saturated heterocycles. The molecule has 0 aromatic carbocycles. The number of fused-ring (bicyclic) bond motifs is 1. The minimum atomic E-state index is -0.589. The first-order chi connectivity index (χ1) is 10.8. The third-order valence-electron chi connectivity index (χ3n) is 5.57. The molecule has 132 valence electrons. The van der Waals surface area contributed by atoms with E-state index in [1.54, 1.807) is 0 Å². The van der Waals surface area contributed by atoms with Crippen LogP contribution < -0.4 is 0 Å². The lowest BCUT2D eigenvalue weighted by atomic mass is 9.78. The molecule has 2 N–H and O–H groups in total. The largest absolute Gasteiger partial charge is 0.389 e. The maximum Gasteiger partial charge on any atom is 0.0811 e. The van der Waals surface area contributed by atoms with E-state index >= 15 is 0 Å². The van der Waals surface area contributed by atoms with Gasteiger partial charge >= 0.3 is 0 Å². The summed E-state index contributed by atoms with van der Waals surface area (Å²) < 4.78 is 0. The Labute approximate surface area is 142 Å². The molecule has 3 nitrogen and oxygen atoms in total. The molecule has 2 aliphatic heterocycles. The first-order valence-corrected chi connectivity index (χ1v) is 9.34. The van der Waals surface area contributed by atoms with Gasteiger partial charge in [-0.25, -0.2) is 0 Å². The molecule has 4 atom stereocenters. The van der Waals surface area contributed by atoms with Crippen LogP contribution in [0, 0.1) is 5.92 Å². The van der Waals surface area contributed by atoms with Gasteiger partial charge in [0.05, 0.1) is 11.7 Å². The van der Waals surface area contributed by atoms with Crippen molar-refractivity contribution in [1.29, 1.82) is 0 Å². The fraction of sp³-hybridized carbons (Fsp3) is 0.800. The molecular formula is C20H35NO2. The number of hydrogen-bond donors (Lipinski definition) is 2. The molecule has 0 aliphatic carbocycles. The first-order valence-electron chi connectivity index (χ1n) is 9.34. The van der Waals surface area contributed by atoms with Crippen molar-refractivity contribution in [3.8, 4) is 0 Å². The quantitative estimate of drug-likeness (QED) is 0.759. The van der Waals surface area contributed by atoms with E-state index in [2.05, 4.69) is 24.0 Å². The molecular weight excluding hydrogens is 286 g/mol. The molecule has 2 rings (SSSR count). The lowest BCUT2D eigenvalue weighted by Crippen LogP contribution is -2.57. The highest BCUT2D eigenvalue weighted by Gasteiger charge is 2.42. The van der Waals surface area contributed by atoms with Crippen LogP contribution in [-0.2, 0) is 0 Å². The number of allylic oxidation sites excluding steroid dienone is 2. The Hall–Kier alpha value is -0.640. The molecule has 2 aliphatic rings. The minimum absolute atomic E-state index is 0.306. The molecule has 2 fully saturated rings. The van der Waals surface area contributed by atoms with Crippen LogP contribution in [0.1, 0.15) is 66.2 Å². The Morgan fingerprint density at radius 1 is 1.43 bits per heavy atom. The van der Waals surface area contributed by atoms with Crippen LogP contribution in [0.3, 0.4) is 0 Å². The molecule has 0 radical (unpaired) electrons. The van der Waals surface area contributed by atoms with Crippen LogP contribution in [0.4, 0.5) is 0 Å². The lowest BCUT2D eigenvalue weighted by Gasteiger charge is -2.49. The highest BCUT2D eigenvalue weighted by Crippen LogP contribution is 2.36. The van der Waals surface area contributed by atoms with Crippen molar-refractivity contribution < 1.29 is 10.2 Å². The fourth-order valence-electron chi connectivity index (χ4n) is 4.19. The van der Waals surface area contributed by atoms with Crippen molar-refractivity contribution >= 4 is 0 Å². The van der Waals surface area contributed by atoms with Crippen LogP contribution >= 0.6 is 0 Å². The monoisotopic (exact) mass is 321 g/mol. The zero-order valence-corrected chi connectivity index (χ0v) is 15.4. The molecule has 0 amide bonds. The van der Waals surface area contributed by atoms with Crippen molar-refractivity contribution in [2.24, 2.45) is 5.92 Å². The number of rotatable bonds is 5. The standard InChI is InChI=1S/C20H35NO2/c1-5-18(22)16(3)10-9-15(2)12-17-13-20(4,23)19-8-6-7-11-21(19)14-17/h10,12,15,18-19,22-23H,5-9,11,13-14H2,1-4H3/b16-10+,17-12-. The zero-order chi connectivity index (χ0) is 17.0. The molecule has 23 heavy (non-hydrogen) atoms. The van der Waals surface area contributed by atoms with Crippen LogP contribution in [0.5, 0.6) is 0 Å². The molecule has 0 bridgehead atoms. The van der Waals surface area contributed by atoms with Crippen molar-refractivity contribution in [2.45, 2.75) is 84.0 Å². The smallest absolute Gasteiger partial charge is 0.0811 e. The van der Waals surface area contributed by atoms with E-state index in [0.717, 1.165) is 44.3 Å². The summed E-state index contributed by atoms with van der Waals surface area (Å²) >= 11 is 0. The van der Waals surface area contributed by atoms with Crippen molar-refractivity contribution in [3.63, 3.8) is 0 Å². The molecule has 0 aromatic rings. The Balaban J connectivity index is 1.99. The van der Waals surface area contributed by atoms with Gasteiger partial charge in [-0.2, -0.15) is 0 Å². The molecule has 3 heteroatoms. The van der Waals surface area contributed by atoms with E-state index in [1.165, 1.54) is 18.4 Å². The summed E-state index contributed by atoms with van der Waals surface area (Å²) in [4.78, 5) is 2.48. The highest BCUT2D eigenvalue weighted by atomic mass is 16.3. The van der Waals surface area contributed by atoms with Gasteiger partial charge < -0.3 is 10.2 Å². The second kappa shape index (κ2) is 7.96. The first kappa shape index (κ1) is 18.7. The Bertz CT molecular complexity index is 453. The minimum Gasteiger partial charge on any atom is -0.389 e. The summed E-state index contributed by atoms with van der Waals surface area (Å²) in [7, 11) is 0. The highest BCUT2D eigenvalue weighted by molar-refractivity contribution is 5.18. The average molecular weight is 322 g/mol. The van der Waals surface area contributed by atoms with Crippen LogP contribution in [0.15, 0.2) is 23.3 Å². The molecule has 0 saturated carbocycles. The number of hydrogen-bond acceptors (Lipinski definition) is 3. The van der Waals surface area contributed by atoms with Crippen molar-refractivity contribution in [1.82, 2.24) is 4.90 Å². The third-order valence-corrected chi connectivity index (χ3v) is 5.57. The number of piperidine rings is 2. The van der Waals surface area contributed by atoms with Crippen LogP contribution in [0.25, 0.3) is 0 Å². The number of aliphatic hydroxyl groups excluding tert-OH is 1. The van der Waals surface area contributed by atoms with E-state index in [4.69, 9.17) is 0 Å². The van der Waals surface area contributed by atoms with E-state index in [0.29, 0.717) is 12.0 Å². The van der Waals surface area contributed by atoms with E-state index in [-0.39, 0.29) is 6.10 Å². The van der Waals surface area contributed by atoms with Gasteiger partial charge in [-0.05, 0) is 64.0 Å². The maximum atomic E-state index is 10.8. The summed E-state index contributed by atoms with van der Waals surface area (Å²) in [6.07, 6.45) is 10.4. The van der Waals surface area contributed by atoms with E-state index < -0.39 is 5.60 Å². The van der Waals surface area contributed by atoms with Crippen LogP contribution in [0.2, 0.25) is 0 Å². The third kappa shape index (κ3) is 4.91. The summed E-state index contributed by atoms with van der Waals surface area (Å²) in [6.45, 7) is 10.4.